The van der Waals surface area contributed by atoms with Crippen LogP contribution in [-0.2, 0) is 9.59 Å². The normalized spacial score (nSPS) is 11.8. The van der Waals surface area contributed by atoms with Gasteiger partial charge in [0.05, 0.1) is 5.92 Å². The van der Waals surface area contributed by atoms with E-state index in [1.165, 1.54) is 32.6 Å². The third kappa shape index (κ3) is 8.71. The topological polar surface area (TPSA) is 52.6 Å². The Hall–Kier alpha value is -1.84. The highest BCUT2D eigenvalue weighted by Crippen LogP contribution is 2.28. The van der Waals surface area contributed by atoms with E-state index < -0.39 is 5.97 Å². The van der Waals surface area contributed by atoms with Gasteiger partial charge >= 0.3 is 11.9 Å². The molecule has 140 valence electrons. The Morgan fingerprint density at radius 2 is 1.44 bits per heavy atom. The lowest BCUT2D eigenvalue weighted by Crippen LogP contribution is -2.21. The molecule has 0 amide bonds. The SMILES string of the molecule is CCCCCCCCC(CCC)C(=O)Oc1ccccc1OC(C)=O. The predicted octanol–water partition coefficient (Wildman–Crippen LogP) is 5.68. The number of unbranched alkanes of at least 4 members (excludes halogenated alkanes) is 5. The summed E-state index contributed by atoms with van der Waals surface area (Å²) in [7, 11) is 0. The number of hydrogen-bond donors (Lipinski definition) is 0. The van der Waals surface area contributed by atoms with Crippen molar-refractivity contribution in [2.45, 2.75) is 78.6 Å². The van der Waals surface area contributed by atoms with E-state index >= 15 is 0 Å². The van der Waals surface area contributed by atoms with Gasteiger partial charge in [0.25, 0.3) is 0 Å². The summed E-state index contributed by atoms with van der Waals surface area (Å²) in [6.45, 7) is 5.62. The number of carbonyl (C=O) groups is 2. The van der Waals surface area contributed by atoms with Crippen molar-refractivity contribution >= 4 is 11.9 Å². The third-order valence-electron chi connectivity index (χ3n) is 4.19. The second-order valence-electron chi connectivity index (χ2n) is 6.50. The van der Waals surface area contributed by atoms with Crippen molar-refractivity contribution in [3.63, 3.8) is 0 Å². The van der Waals surface area contributed by atoms with Gasteiger partial charge in [-0.05, 0) is 25.0 Å². The second kappa shape index (κ2) is 12.5. The molecule has 1 aromatic rings. The van der Waals surface area contributed by atoms with Crippen LogP contribution in [0.1, 0.15) is 78.6 Å². The molecule has 0 spiro atoms. The van der Waals surface area contributed by atoms with Crippen LogP contribution in [0.2, 0.25) is 0 Å². The Balaban J connectivity index is 2.57. The fraction of sp³-hybridized carbons (Fsp3) is 0.619. The van der Waals surface area contributed by atoms with Gasteiger partial charge in [0, 0.05) is 6.92 Å². The highest BCUT2D eigenvalue weighted by atomic mass is 16.6. The Morgan fingerprint density at radius 3 is 2.04 bits per heavy atom. The van der Waals surface area contributed by atoms with Crippen LogP contribution < -0.4 is 9.47 Å². The highest BCUT2D eigenvalue weighted by Gasteiger charge is 2.21. The molecule has 4 nitrogen and oxygen atoms in total. The molecule has 1 atom stereocenters. The van der Waals surface area contributed by atoms with Crippen molar-refractivity contribution < 1.29 is 19.1 Å². The Kier molecular flexibility index (Phi) is 10.6. The second-order valence-corrected chi connectivity index (χ2v) is 6.50. The van der Waals surface area contributed by atoms with Crippen LogP contribution in [0, 0.1) is 5.92 Å². The molecule has 0 N–H and O–H groups in total. The van der Waals surface area contributed by atoms with Crippen LogP contribution in [0.4, 0.5) is 0 Å². The molecule has 0 bridgehead atoms. The minimum absolute atomic E-state index is 0.0958. The van der Waals surface area contributed by atoms with E-state index in [0.29, 0.717) is 5.75 Å². The maximum absolute atomic E-state index is 12.5. The van der Waals surface area contributed by atoms with Crippen molar-refractivity contribution in [2.24, 2.45) is 5.92 Å². The summed E-state index contributed by atoms with van der Waals surface area (Å²) < 4.78 is 10.6. The molecule has 0 saturated heterocycles. The molecule has 0 saturated carbocycles. The Morgan fingerprint density at radius 1 is 0.840 bits per heavy atom. The quantitative estimate of drug-likeness (QED) is 0.277. The molecule has 0 radical (unpaired) electrons. The van der Waals surface area contributed by atoms with Gasteiger partial charge in [-0.15, -0.1) is 0 Å². The fourth-order valence-electron chi connectivity index (χ4n) is 2.86. The summed E-state index contributed by atoms with van der Waals surface area (Å²) in [5.74, 6) is -0.151. The van der Waals surface area contributed by atoms with E-state index in [1.807, 2.05) is 0 Å². The summed E-state index contributed by atoms with van der Waals surface area (Å²) in [5, 5.41) is 0. The van der Waals surface area contributed by atoms with Crippen molar-refractivity contribution in [2.75, 3.05) is 0 Å². The standard InChI is InChI=1S/C21H32O4/c1-4-6-7-8-9-10-14-18(13-5-2)21(23)25-20-16-12-11-15-19(20)24-17(3)22/h11-12,15-16,18H,4-10,13-14H2,1-3H3. The molecular formula is C21H32O4. The van der Waals surface area contributed by atoms with Gasteiger partial charge in [-0.2, -0.15) is 0 Å². The number of carbonyl (C=O) groups excluding carboxylic acids is 2. The van der Waals surface area contributed by atoms with Gasteiger partial charge in [0.2, 0.25) is 0 Å². The molecule has 4 heteroatoms. The summed E-state index contributed by atoms with van der Waals surface area (Å²) in [6.07, 6.45) is 9.87. The zero-order valence-corrected chi connectivity index (χ0v) is 15.9. The zero-order chi connectivity index (χ0) is 18.5. The highest BCUT2D eigenvalue weighted by molar-refractivity contribution is 5.77. The number of esters is 2. The molecular weight excluding hydrogens is 316 g/mol. The van der Waals surface area contributed by atoms with E-state index in [0.717, 1.165) is 32.1 Å². The van der Waals surface area contributed by atoms with Crippen molar-refractivity contribution in [3.05, 3.63) is 24.3 Å². The Bertz CT molecular complexity index is 524. The first-order chi connectivity index (χ1) is 12.1. The molecule has 25 heavy (non-hydrogen) atoms. The lowest BCUT2D eigenvalue weighted by Gasteiger charge is -2.16. The first-order valence-corrected chi connectivity index (χ1v) is 9.57. The fourth-order valence-corrected chi connectivity index (χ4v) is 2.86. The summed E-state index contributed by atoms with van der Waals surface area (Å²) in [5.41, 5.74) is 0. The lowest BCUT2D eigenvalue weighted by molar-refractivity contribution is -0.140. The minimum atomic E-state index is -0.430. The maximum atomic E-state index is 12.5. The summed E-state index contributed by atoms with van der Waals surface area (Å²) >= 11 is 0. The van der Waals surface area contributed by atoms with E-state index in [1.54, 1.807) is 24.3 Å². The maximum Gasteiger partial charge on any atom is 0.314 e. The number of ether oxygens (including phenoxy) is 2. The molecule has 0 aliphatic carbocycles. The number of para-hydroxylation sites is 2. The van der Waals surface area contributed by atoms with Crippen molar-refractivity contribution in [1.82, 2.24) is 0 Å². The zero-order valence-electron chi connectivity index (χ0n) is 15.9. The van der Waals surface area contributed by atoms with Crippen LogP contribution >= 0.6 is 0 Å². The van der Waals surface area contributed by atoms with Crippen LogP contribution in [0.5, 0.6) is 11.5 Å². The smallest absolute Gasteiger partial charge is 0.314 e. The van der Waals surface area contributed by atoms with E-state index in [-0.39, 0.29) is 17.6 Å². The molecule has 0 aliphatic heterocycles. The van der Waals surface area contributed by atoms with Gasteiger partial charge in [-0.1, -0.05) is 70.9 Å². The minimum Gasteiger partial charge on any atom is -0.423 e. The average Bonchev–Trinajstić information content (AvgIpc) is 2.58. The number of hydrogen-bond acceptors (Lipinski definition) is 4. The number of benzene rings is 1. The predicted molar refractivity (Wildman–Crippen MR) is 99.8 cm³/mol. The first-order valence-electron chi connectivity index (χ1n) is 9.57. The lowest BCUT2D eigenvalue weighted by atomic mass is 9.96. The Labute approximate surface area is 151 Å². The summed E-state index contributed by atoms with van der Waals surface area (Å²) in [4.78, 5) is 23.7. The van der Waals surface area contributed by atoms with E-state index in [2.05, 4.69) is 13.8 Å². The molecule has 0 fully saturated rings. The van der Waals surface area contributed by atoms with E-state index in [9.17, 15) is 9.59 Å². The van der Waals surface area contributed by atoms with Gasteiger partial charge in [0.15, 0.2) is 11.5 Å². The van der Waals surface area contributed by atoms with Gasteiger partial charge < -0.3 is 9.47 Å². The molecule has 1 aromatic carbocycles. The van der Waals surface area contributed by atoms with E-state index in [4.69, 9.17) is 9.47 Å². The summed E-state index contributed by atoms with van der Waals surface area (Å²) in [6, 6.07) is 6.80. The van der Waals surface area contributed by atoms with Gasteiger partial charge in [-0.25, -0.2) is 0 Å². The largest absolute Gasteiger partial charge is 0.423 e. The average molecular weight is 348 g/mol. The van der Waals surface area contributed by atoms with Crippen molar-refractivity contribution in [3.8, 4) is 11.5 Å². The van der Waals surface area contributed by atoms with Crippen molar-refractivity contribution in [1.29, 1.82) is 0 Å². The van der Waals surface area contributed by atoms with Crippen LogP contribution in [0.3, 0.4) is 0 Å². The molecule has 0 aliphatic rings. The third-order valence-corrected chi connectivity index (χ3v) is 4.19. The van der Waals surface area contributed by atoms with Crippen LogP contribution in [0.15, 0.2) is 24.3 Å². The number of rotatable bonds is 12. The molecule has 0 heterocycles. The molecule has 0 aromatic heterocycles. The molecule has 1 rings (SSSR count). The van der Waals surface area contributed by atoms with Gasteiger partial charge in [-0.3, -0.25) is 9.59 Å². The monoisotopic (exact) mass is 348 g/mol. The molecule has 1 unspecified atom stereocenters. The van der Waals surface area contributed by atoms with Crippen LogP contribution in [-0.4, -0.2) is 11.9 Å². The first kappa shape index (κ1) is 21.2. The van der Waals surface area contributed by atoms with Gasteiger partial charge in [0.1, 0.15) is 0 Å². The van der Waals surface area contributed by atoms with Crippen LogP contribution in [0.25, 0.3) is 0 Å².